The van der Waals surface area contributed by atoms with Gasteiger partial charge >= 0.3 is 5.97 Å². The molecule has 1 amide bonds. The monoisotopic (exact) mass is 360 g/mol. The summed E-state index contributed by atoms with van der Waals surface area (Å²) in [4.78, 5) is 29.2. The van der Waals surface area contributed by atoms with Gasteiger partial charge in [-0.25, -0.2) is 4.79 Å². The molecule has 3 rings (SSSR count). The molecule has 0 aromatic heterocycles. The van der Waals surface area contributed by atoms with Gasteiger partial charge in [-0.15, -0.1) is 0 Å². The molecule has 1 saturated carbocycles. The average molecular weight is 360 g/mol. The topological polar surface area (TPSA) is 90.7 Å². The van der Waals surface area contributed by atoms with Crippen molar-refractivity contribution in [2.24, 2.45) is 11.3 Å². The van der Waals surface area contributed by atoms with Gasteiger partial charge in [0.05, 0.1) is 5.41 Å². The van der Waals surface area contributed by atoms with Crippen LogP contribution >= 0.6 is 0 Å². The third kappa shape index (κ3) is 4.43. The minimum atomic E-state index is -0.849. The number of hydrogen-bond acceptors (Lipinski definition) is 5. The van der Waals surface area contributed by atoms with E-state index in [-0.39, 0.29) is 18.4 Å². The Labute approximate surface area is 154 Å². The summed E-state index contributed by atoms with van der Waals surface area (Å²) >= 11 is 0. The van der Waals surface area contributed by atoms with Crippen LogP contribution in [-0.2, 0) is 19.2 Å². The van der Waals surface area contributed by atoms with Crippen molar-refractivity contribution in [3.63, 3.8) is 0 Å². The second-order valence-electron chi connectivity index (χ2n) is 7.50. The molecule has 0 unspecified atom stereocenters. The number of nitrogens with two attached hydrogens (primary N) is 1. The van der Waals surface area contributed by atoms with Crippen LogP contribution in [0.5, 0.6) is 0 Å². The van der Waals surface area contributed by atoms with Crippen LogP contribution in [0.1, 0.15) is 56.4 Å². The maximum Gasteiger partial charge on any atom is 0.331 e. The highest BCUT2D eigenvalue weighted by Gasteiger charge is 2.43. The van der Waals surface area contributed by atoms with Crippen LogP contribution in [-0.4, -0.2) is 31.1 Å². The third-order valence-electron chi connectivity index (χ3n) is 5.85. The van der Waals surface area contributed by atoms with Crippen molar-refractivity contribution in [3.05, 3.63) is 35.9 Å². The minimum Gasteiger partial charge on any atom is -0.381 e. The molecule has 2 fully saturated rings. The zero-order valence-electron chi connectivity index (χ0n) is 15.1. The molecule has 3 N–H and O–H groups in total. The summed E-state index contributed by atoms with van der Waals surface area (Å²) in [6.07, 6.45) is 5.11. The van der Waals surface area contributed by atoms with Crippen LogP contribution in [0, 0.1) is 5.41 Å². The van der Waals surface area contributed by atoms with Crippen LogP contribution in [0.3, 0.4) is 0 Å². The van der Waals surface area contributed by atoms with Crippen LogP contribution < -0.4 is 11.2 Å². The summed E-state index contributed by atoms with van der Waals surface area (Å²) in [6, 6.07) is 10.7. The predicted octanol–water partition coefficient (Wildman–Crippen LogP) is 2.43. The number of hydrogen-bond donors (Lipinski definition) is 2. The molecule has 6 nitrogen and oxygen atoms in total. The van der Waals surface area contributed by atoms with E-state index < -0.39 is 11.4 Å². The molecule has 6 heteroatoms. The largest absolute Gasteiger partial charge is 0.381 e. The fourth-order valence-electron chi connectivity index (χ4n) is 4.22. The summed E-state index contributed by atoms with van der Waals surface area (Å²) < 4.78 is 5.32. The molecule has 142 valence electrons. The SMILES string of the molecule is NOC(=O)C1(CC(=O)NC2CCC(c3ccccc3)CC2)CCOCC1. The molecule has 26 heavy (non-hydrogen) atoms. The summed E-state index contributed by atoms with van der Waals surface area (Å²) in [5.74, 6) is 5.06. The van der Waals surface area contributed by atoms with Gasteiger partial charge in [-0.1, -0.05) is 30.3 Å². The molecule has 0 atom stereocenters. The average Bonchev–Trinajstić information content (AvgIpc) is 2.69. The first-order valence-electron chi connectivity index (χ1n) is 9.46. The highest BCUT2D eigenvalue weighted by molar-refractivity contribution is 5.86. The number of ether oxygens (including phenoxy) is 1. The molecule has 1 saturated heterocycles. The number of carbonyl (C=O) groups excluding carboxylic acids is 2. The number of rotatable bonds is 5. The summed E-state index contributed by atoms with van der Waals surface area (Å²) in [5, 5.41) is 3.11. The molecule has 0 radical (unpaired) electrons. The van der Waals surface area contributed by atoms with Crippen molar-refractivity contribution in [2.75, 3.05) is 13.2 Å². The number of amides is 1. The van der Waals surface area contributed by atoms with Crippen LogP contribution in [0.4, 0.5) is 0 Å². The summed E-state index contributed by atoms with van der Waals surface area (Å²) in [6.45, 7) is 0.898. The Balaban J connectivity index is 1.51. The Morgan fingerprint density at radius 2 is 1.77 bits per heavy atom. The molecule has 1 aliphatic heterocycles. The van der Waals surface area contributed by atoms with Crippen molar-refractivity contribution in [3.8, 4) is 0 Å². The quantitative estimate of drug-likeness (QED) is 0.787. The molecular formula is C20H28N2O4. The van der Waals surface area contributed by atoms with Gasteiger partial charge in [0.25, 0.3) is 0 Å². The molecule has 1 heterocycles. The van der Waals surface area contributed by atoms with E-state index in [4.69, 9.17) is 10.6 Å². The number of carbonyl (C=O) groups is 2. The smallest absolute Gasteiger partial charge is 0.331 e. The Morgan fingerprint density at radius 1 is 1.12 bits per heavy atom. The van der Waals surface area contributed by atoms with E-state index in [0.717, 1.165) is 25.7 Å². The van der Waals surface area contributed by atoms with Gasteiger partial charge in [-0.2, -0.15) is 5.90 Å². The Hall–Kier alpha value is -1.92. The van der Waals surface area contributed by atoms with E-state index in [9.17, 15) is 9.59 Å². The second-order valence-corrected chi connectivity index (χ2v) is 7.50. The van der Waals surface area contributed by atoms with Gasteiger partial charge in [0.15, 0.2) is 0 Å². The number of benzene rings is 1. The summed E-state index contributed by atoms with van der Waals surface area (Å²) in [5.41, 5.74) is 0.530. The third-order valence-corrected chi connectivity index (χ3v) is 5.85. The van der Waals surface area contributed by atoms with Crippen molar-refractivity contribution < 1.29 is 19.2 Å². The lowest BCUT2D eigenvalue weighted by Crippen LogP contribution is -2.45. The van der Waals surface area contributed by atoms with Gasteiger partial charge in [0, 0.05) is 25.7 Å². The fourth-order valence-corrected chi connectivity index (χ4v) is 4.22. The first-order valence-corrected chi connectivity index (χ1v) is 9.46. The Bertz CT molecular complexity index is 605. The standard InChI is InChI=1S/C20H28N2O4/c21-26-19(24)20(10-12-25-13-11-20)14-18(23)22-17-8-6-16(7-9-17)15-4-2-1-3-5-15/h1-5,16-17H,6-14,21H2,(H,22,23). The Kier molecular flexibility index (Phi) is 6.27. The lowest BCUT2D eigenvalue weighted by Gasteiger charge is -2.34. The molecule has 1 aromatic carbocycles. The minimum absolute atomic E-state index is 0.0968. The maximum absolute atomic E-state index is 12.6. The molecule has 2 aliphatic rings. The fraction of sp³-hybridized carbons (Fsp3) is 0.600. The van der Waals surface area contributed by atoms with E-state index in [1.807, 2.05) is 6.07 Å². The molecular weight excluding hydrogens is 332 g/mol. The van der Waals surface area contributed by atoms with Gasteiger partial charge in [-0.05, 0) is 50.0 Å². The zero-order valence-corrected chi connectivity index (χ0v) is 15.1. The highest BCUT2D eigenvalue weighted by Crippen LogP contribution is 2.36. The van der Waals surface area contributed by atoms with Crippen molar-refractivity contribution >= 4 is 11.9 Å². The van der Waals surface area contributed by atoms with E-state index in [1.165, 1.54) is 5.56 Å². The lowest BCUT2D eigenvalue weighted by molar-refractivity contribution is -0.165. The van der Waals surface area contributed by atoms with E-state index in [1.54, 1.807) is 0 Å². The maximum atomic E-state index is 12.6. The van der Waals surface area contributed by atoms with Gasteiger partial charge in [0.2, 0.25) is 5.91 Å². The summed E-state index contributed by atoms with van der Waals surface area (Å²) in [7, 11) is 0. The normalized spacial score (nSPS) is 25.3. The van der Waals surface area contributed by atoms with Crippen molar-refractivity contribution in [1.82, 2.24) is 5.32 Å². The van der Waals surface area contributed by atoms with Gasteiger partial charge in [0.1, 0.15) is 0 Å². The van der Waals surface area contributed by atoms with Crippen LogP contribution in [0.2, 0.25) is 0 Å². The molecule has 0 bridgehead atoms. The van der Waals surface area contributed by atoms with Crippen LogP contribution in [0.25, 0.3) is 0 Å². The zero-order chi connectivity index (χ0) is 18.4. The lowest BCUT2D eigenvalue weighted by atomic mass is 9.76. The second kappa shape index (κ2) is 8.64. The molecule has 0 spiro atoms. The van der Waals surface area contributed by atoms with Crippen molar-refractivity contribution in [1.29, 1.82) is 0 Å². The first-order chi connectivity index (χ1) is 12.6. The predicted molar refractivity (Wildman–Crippen MR) is 97.0 cm³/mol. The van der Waals surface area contributed by atoms with Crippen molar-refractivity contribution in [2.45, 2.75) is 56.9 Å². The molecule has 1 aliphatic carbocycles. The molecule has 1 aromatic rings. The van der Waals surface area contributed by atoms with Gasteiger partial charge in [-0.3, -0.25) is 4.79 Å². The number of nitrogens with one attached hydrogen (secondary N) is 1. The van der Waals surface area contributed by atoms with Gasteiger partial charge < -0.3 is 14.9 Å². The highest BCUT2D eigenvalue weighted by atomic mass is 16.7. The van der Waals surface area contributed by atoms with Crippen LogP contribution in [0.15, 0.2) is 30.3 Å². The van der Waals surface area contributed by atoms with E-state index in [0.29, 0.717) is 32.0 Å². The van der Waals surface area contributed by atoms with E-state index in [2.05, 4.69) is 34.4 Å². The van der Waals surface area contributed by atoms with E-state index >= 15 is 0 Å². The Morgan fingerprint density at radius 3 is 2.38 bits per heavy atom. The first kappa shape index (κ1) is 18.9.